The summed E-state index contributed by atoms with van der Waals surface area (Å²) in [5.41, 5.74) is 1.20. The number of carbonyl (C=O) groups excluding carboxylic acids is 1. The zero-order valence-corrected chi connectivity index (χ0v) is 16.2. The Balaban J connectivity index is 1.41. The van der Waals surface area contributed by atoms with Gasteiger partial charge in [-0.2, -0.15) is 0 Å². The van der Waals surface area contributed by atoms with E-state index in [-0.39, 0.29) is 5.91 Å². The number of rotatable bonds is 7. The molecular formula is C16H18ClN3OS3. The average molecular weight is 400 g/mol. The van der Waals surface area contributed by atoms with Gasteiger partial charge < -0.3 is 5.32 Å². The highest BCUT2D eigenvalue weighted by Gasteiger charge is 2.17. The average Bonchev–Trinajstić information content (AvgIpc) is 3.24. The summed E-state index contributed by atoms with van der Waals surface area (Å²) in [6.45, 7) is 0. The van der Waals surface area contributed by atoms with Crippen LogP contribution in [0, 0.1) is 0 Å². The van der Waals surface area contributed by atoms with E-state index in [9.17, 15) is 4.79 Å². The number of thioether (sulfide) groups is 2. The van der Waals surface area contributed by atoms with Gasteiger partial charge in [0.1, 0.15) is 0 Å². The number of carbonyl (C=O) groups is 1. The standard InChI is InChI=1S/C16H18ClN3OS3/c17-12-7-5-11(6-8-12)9-22-15-19-20-16(24-15)23-10-14(21)18-13-3-1-2-4-13/h5-8,13H,1-4,9-10H2,(H,18,21). The number of amides is 1. The number of benzene rings is 1. The molecule has 8 heteroatoms. The third-order valence-electron chi connectivity index (χ3n) is 3.71. The Labute approximate surface area is 159 Å². The van der Waals surface area contributed by atoms with Crippen LogP contribution in [-0.4, -0.2) is 27.9 Å². The van der Waals surface area contributed by atoms with Crippen molar-refractivity contribution >= 4 is 52.4 Å². The Morgan fingerprint density at radius 2 is 1.83 bits per heavy atom. The lowest BCUT2D eigenvalue weighted by Gasteiger charge is -2.10. The van der Waals surface area contributed by atoms with Crippen LogP contribution in [0.25, 0.3) is 0 Å². The predicted molar refractivity (Wildman–Crippen MR) is 102 cm³/mol. The molecule has 0 spiro atoms. The molecule has 0 bridgehead atoms. The molecule has 3 rings (SSSR count). The zero-order chi connectivity index (χ0) is 16.8. The molecule has 0 saturated heterocycles. The molecule has 24 heavy (non-hydrogen) atoms. The van der Waals surface area contributed by atoms with E-state index in [1.807, 2.05) is 24.3 Å². The van der Waals surface area contributed by atoms with Gasteiger partial charge in [0.2, 0.25) is 5.91 Å². The first-order valence-electron chi connectivity index (χ1n) is 7.82. The van der Waals surface area contributed by atoms with Gasteiger partial charge in [-0.3, -0.25) is 4.79 Å². The second kappa shape index (κ2) is 9.08. The highest BCUT2D eigenvalue weighted by molar-refractivity contribution is 8.03. The first kappa shape index (κ1) is 18.0. The molecule has 0 aliphatic heterocycles. The van der Waals surface area contributed by atoms with Crippen molar-refractivity contribution in [3.05, 3.63) is 34.9 Å². The van der Waals surface area contributed by atoms with Crippen molar-refractivity contribution in [2.45, 2.75) is 46.2 Å². The normalized spacial score (nSPS) is 14.9. The van der Waals surface area contributed by atoms with E-state index < -0.39 is 0 Å². The van der Waals surface area contributed by atoms with Gasteiger partial charge in [0, 0.05) is 16.8 Å². The Morgan fingerprint density at radius 3 is 2.54 bits per heavy atom. The van der Waals surface area contributed by atoms with Crippen LogP contribution in [0.5, 0.6) is 0 Å². The monoisotopic (exact) mass is 399 g/mol. The van der Waals surface area contributed by atoms with Crippen LogP contribution < -0.4 is 5.32 Å². The molecular weight excluding hydrogens is 382 g/mol. The second-order valence-electron chi connectivity index (χ2n) is 5.59. The van der Waals surface area contributed by atoms with Crippen LogP contribution in [0.1, 0.15) is 31.2 Å². The first-order valence-corrected chi connectivity index (χ1v) is 11.0. The molecule has 0 atom stereocenters. The van der Waals surface area contributed by atoms with Gasteiger partial charge in [-0.15, -0.1) is 10.2 Å². The molecule has 1 aliphatic carbocycles. The predicted octanol–water partition coefficient (Wildman–Crippen LogP) is 4.63. The Kier molecular flexibility index (Phi) is 6.83. The van der Waals surface area contributed by atoms with Crippen molar-refractivity contribution in [1.29, 1.82) is 0 Å². The SMILES string of the molecule is O=C(CSc1nnc(SCc2ccc(Cl)cc2)s1)NC1CCCC1. The maximum absolute atomic E-state index is 11.9. The maximum atomic E-state index is 11.9. The lowest BCUT2D eigenvalue weighted by atomic mass is 10.2. The summed E-state index contributed by atoms with van der Waals surface area (Å²) in [4.78, 5) is 11.9. The zero-order valence-electron chi connectivity index (χ0n) is 13.0. The quantitative estimate of drug-likeness (QED) is 0.687. The van der Waals surface area contributed by atoms with Crippen LogP contribution in [-0.2, 0) is 10.5 Å². The van der Waals surface area contributed by atoms with E-state index >= 15 is 0 Å². The fourth-order valence-electron chi connectivity index (χ4n) is 2.51. The highest BCUT2D eigenvalue weighted by Crippen LogP contribution is 2.31. The second-order valence-corrected chi connectivity index (χ2v) is 9.45. The molecule has 1 aromatic heterocycles. The van der Waals surface area contributed by atoms with Gasteiger partial charge in [-0.05, 0) is 30.5 Å². The molecule has 0 unspecified atom stereocenters. The molecule has 1 aromatic carbocycles. The minimum absolute atomic E-state index is 0.0949. The van der Waals surface area contributed by atoms with E-state index in [2.05, 4.69) is 15.5 Å². The smallest absolute Gasteiger partial charge is 0.230 e. The van der Waals surface area contributed by atoms with E-state index in [0.29, 0.717) is 11.8 Å². The van der Waals surface area contributed by atoms with Crippen molar-refractivity contribution in [2.75, 3.05) is 5.75 Å². The van der Waals surface area contributed by atoms with Crippen LogP contribution >= 0.6 is 46.5 Å². The number of halogens is 1. The van der Waals surface area contributed by atoms with Crippen LogP contribution in [0.2, 0.25) is 5.02 Å². The summed E-state index contributed by atoms with van der Waals surface area (Å²) in [7, 11) is 0. The summed E-state index contributed by atoms with van der Waals surface area (Å²) in [6, 6.07) is 8.18. The molecule has 1 aliphatic rings. The van der Waals surface area contributed by atoms with Gasteiger partial charge >= 0.3 is 0 Å². The van der Waals surface area contributed by atoms with Crippen molar-refractivity contribution in [3.63, 3.8) is 0 Å². The molecule has 1 heterocycles. The van der Waals surface area contributed by atoms with Crippen LogP contribution in [0.3, 0.4) is 0 Å². The summed E-state index contributed by atoms with van der Waals surface area (Å²) in [5, 5.41) is 12.2. The molecule has 128 valence electrons. The third kappa shape index (κ3) is 5.65. The summed E-state index contributed by atoms with van der Waals surface area (Å²) < 4.78 is 1.76. The summed E-state index contributed by atoms with van der Waals surface area (Å²) in [5.74, 6) is 1.34. The molecule has 1 fully saturated rings. The maximum Gasteiger partial charge on any atom is 0.230 e. The van der Waals surface area contributed by atoms with Gasteiger partial charge in [0.05, 0.1) is 5.75 Å². The molecule has 1 amide bonds. The molecule has 2 aromatic rings. The molecule has 1 saturated carbocycles. The van der Waals surface area contributed by atoms with Crippen molar-refractivity contribution in [2.24, 2.45) is 0 Å². The molecule has 0 radical (unpaired) electrons. The number of nitrogens with one attached hydrogen (secondary N) is 1. The lowest BCUT2D eigenvalue weighted by Crippen LogP contribution is -2.33. The highest BCUT2D eigenvalue weighted by atomic mass is 35.5. The van der Waals surface area contributed by atoms with Crippen LogP contribution in [0.15, 0.2) is 32.9 Å². The van der Waals surface area contributed by atoms with Crippen molar-refractivity contribution in [1.82, 2.24) is 15.5 Å². The van der Waals surface area contributed by atoms with E-state index in [1.165, 1.54) is 41.5 Å². The fraction of sp³-hybridized carbons (Fsp3) is 0.438. The molecule has 1 N–H and O–H groups in total. The van der Waals surface area contributed by atoms with Gasteiger partial charge in [0.15, 0.2) is 8.68 Å². The van der Waals surface area contributed by atoms with E-state index in [1.54, 1.807) is 11.8 Å². The van der Waals surface area contributed by atoms with Crippen molar-refractivity contribution in [3.8, 4) is 0 Å². The number of nitrogens with zero attached hydrogens (tertiary/aromatic N) is 2. The Hall–Kier alpha value is -0.760. The molecule has 4 nitrogen and oxygen atoms in total. The largest absolute Gasteiger partial charge is 0.353 e. The van der Waals surface area contributed by atoms with E-state index in [4.69, 9.17) is 11.6 Å². The van der Waals surface area contributed by atoms with Gasteiger partial charge in [0.25, 0.3) is 0 Å². The third-order valence-corrected chi connectivity index (χ3v) is 7.22. The number of hydrogen-bond acceptors (Lipinski definition) is 6. The van der Waals surface area contributed by atoms with Crippen LogP contribution in [0.4, 0.5) is 0 Å². The first-order chi connectivity index (χ1) is 11.7. The minimum atomic E-state index is 0.0949. The topological polar surface area (TPSA) is 54.9 Å². The van der Waals surface area contributed by atoms with Crippen molar-refractivity contribution < 1.29 is 4.79 Å². The van der Waals surface area contributed by atoms with Gasteiger partial charge in [-0.1, -0.05) is 71.4 Å². The Morgan fingerprint density at radius 1 is 1.17 bits per heavy atom. The van der Waals surface area contributed by atoms with E-state index in [0.717, 1.165) is 32.3 Å². The van der Waals surface area contributed by atoms with Gasteiger partial charge in [-0.25, -0.2) is 0 Å². The fourth-order valence-corrected chi connectivity index (χ4v) is 5.42. The number of hydrogen-bond donors (Lipinski definition) is 1. The summed E-state index contributed by atoms with van der Waals surface area (Å²) >= 11 is 10.5. The minimum Gasteiger partial charge on any atom is -0.353 e. The summed E-state index contributed by atoms with van der Waals surface area (Å²) in [6.07, 6.45) is 4.67. The lowest BCUT2D eigenvalue weighted by molar-refractivity contribution is -0.119. The number of aromatic nitrogens is 2. The Bertz CT molecular complexity index is 671.